The molecule has 3 aromatic rings. The van der Waals surface area contributed by atoms with Gasteiger partial charge in [-0.25, -0.2) is 0 Å². The topological polar surface area (TPSA) is 36.9 Å². The highest BCUT2D eigenvalue weighted by Crippen LogP contribution is 2.93. The predicted octanol–water partition coefficient (Wildman–Crippen LogP) is 7.54. The molecular weight excluding hydrogens is 508 g/mol. The Hall–Kier alpha value is -2.56. The Morgan fingerprint density at radius 3 is 1.54 bits per heavy atom. The summed E-state index contributed by atoms with van der Waals surface area (Å²) >= 11 is 0. The van der Waals surface area contributed by atoms with E-state index in [4.69, 9.17) is 18.9 Å². The molecule has 212 valence electrons. The van der Waals surface area contributed by atoms with Crippen molar-refractivity contribution in [2.75, 3.05) is 28.4 Å². The average molecular weight is 549 g/mol. The van der Waals surface area contributed by atoms with Crippen LogP contribution in [0.25, 0.3) is 21.5 Å². The lowest BCUT2D eigenvalue weighted by molar-refractivity contribution is -0.245. The minimum atomic E-state index is -0.466. The molecule has 10 rings (SSSR count). The van der Waals surface area contributed by atoms with E-state index in [9.17, 15) is 0 Å². The SMILES string of the molecule is COc1c2c(c(OC)c3cc4ccccc4cc13)[C@@H]1C[C@H]2[C@@H]2[C@H]1[C@@]1(C)[C@@H]3C[C@@H]([C@@H]4[C@H]3[C@@H]3C=C[C@H]4C3(OC)OC)[C@@]21C. The van der Waals surface area contributed by atoms with Crippen molar-refractivity contribution in [3.8, 4) is 11.5 Å². The maximum atomic E-state index is 6.38. The van der Waals surface area contributed by atoms with Crippen molar-refractivity contribution in [1.82, 2.24) is 0 Å². The molecule has 5 fully saturated rings. The van der Waals surface area contributed by atoms with Crippen molar-refractivity contribution >= 4 is 21.5 Å². The van der Waals surface area contributed by atoms with E-state index in [1.807, 2.05) is 28.4 Å². The van der Waals surface area contributed by atoms with Crippen LogP contribution in [-0.2, 0) is 9.47 Å². The van der Waals surface area contributed by atoms with Gasteiger partial charge in [-0.2, -0.15) is 0 Å². The van der Waals surface area contributed by atoms with Gasteiger partial charge in [0.05, 0.1) is 14.2 Å². The second-order valence-corrected chi connectivity index (χ2v) is 14.9. The first-order valence-electron chi connectivity index (χ1n) is 15.8. The number of benzene rings is 3. The van der Waals surface area contributed by atoms with Crippen LogP contribution in [-0.4, -0.2) is 34.2 Å². The molecule has 0 N–H and O–H groups in total. The third-order valence-electron chi connectivity index (χ3n) is 15.0. The van der Waals surface area contributed by atoms with Crippen molar-refractivity contribution in [3.63, 3.8) is 0 Å². The zero-order valence-corrected chi connectivity index (χ0v) is 24.9. The Labute approximate surface area is 242 Å². The van der Waals surface area contributed by atoms with Gasteiger partial charge in [-0.15, -0.1) is 0 Å². The normalized spacial score (nSPS) is 46.1. The van der Waals surface area contributed by atoms with E-state index < -0.39 is 5.79 Å². The molecule has 4 heteroatoms. The third-order valence-corrected chi connectivity index (χ3v) is 15.0. The summed E-state index contributed by atoms with van der Waals surface area (Å²) in [6.45, 7) is 5.40. The van der Waals surface area contributed by atoms with Crippen LogP contribution < -0.4 is 9.47 Å². The van der Waals surface area contributed by atoms with Gasteiger partial charge in [0, 0.05) is 48.0 Å². The molecular formula is C37H40O4. The summed E-state index contributed by atoms with van der Waals surface area (Å²) in [5.41, 5.74) is 3.61. The summed E-state index contributed by atoms with van der Waals surface area (Å²) in [4.78, 5) is 0. The van der Waals surface area contributed by atoms with Crippen molar-refractivity contribution in [3.05, 3.63) is 59.7 Å². The molecule has 0 saturated heterocycles. The van der Waals surface area contributed by atoms with Gasteiger partial charge in [-0.05, 0) is 93.9 Å². The number of rotatable bonds is 4. The quantitative estimate of drug-likeness (QED) is 0.111. The van der Waals surface area contributed by atoms with Gasteiger partial charge >= 0.3 is 0 Å². The van der Waals surface area contributed by atoms with E-state index >= 15 is 0 Å². The average Bonchev–Trinajstić information content (AvgIpc) is 3.81. The van der Waals surface area contributed by atoms with Crippen LogP contribution >= 0.6 is 0 Å². The molecule has 7 aliphatic carbocycles. The van der Waals surface area contributed by atoms with Crippen LogP contribution in [0.3, 0.4) is 0 Å². The third kappa shape index (κ3) is 2.13. The molecule has 0 unspecified atom stereocenters. The molecule has 5 saturated carbocycles. The van der Waals surface area contributed by atoms with Gasteiger partial charge in [0.25, 0.3) is 0 Å². The number of hydrogen-bond acceptors (Lipinski definition) is 4. The van der Waals surface area contributed by atoms with Gasteiger partial charge < -0.3 is 18.9 Å². The highest BCUT2D eigenvalue weighted by atomic mass is 16.7. The summed E-state index contributed by atoms with van der Waals surface area (Å²) in [5.74, 6) is 7.80. The van der Waals surface area contributed by atoms with Gasteiger partial charge in [0.15, 0.2) is 5.79 Å². The molecule has 0 heterocycles. The first-order chi connectivity index (χ1) is 19.9. The smallest absolute Gasteiger partial charge is 0.180 e. The van der Waals surface area contributed by atoms with E-state index in [1.54, 1.807) is 0 Å². The molecule has 41 heavy (non-hydrogen) atoms. The monoisotopic (exact) mass is 548 g/mol. The second kappa shape index (κ2) is 7.14. The van der Waals surface area contributed by atoms with E-state index in [2.05, 4.69) is 62.4 Å². The Balaban J connectivity index is 1.17. The lowest BCUT2D eigenvalue weighted by atomic mass is 9.30. The van der Waals surface area contributed by atoms with Gasteiger partial charge in [0.2, 0.25) is 0 Å². The lowest BCUT2D eigenvalue weighted by Gasteiger charge is -2.73. The zero-order chi connectivity index (χ0) is 27.8. The summed E-state index contributed by atoms with van der Waals surface area (Å²) in [6, 6.07) is 13.3. The fourth-order valence-corrected chi connectivity index (χ4v) is 14.0. The maximum absolute atomic E-state index is 6.38. The number of methoxy groups -OCH3 is 4. The summed E-state index contributed by atoms with van der Waals surface area (Å²) < 4.78 is 25.3. The molecule has 4 nitrogen and oxygen atoms in total. The minimum absolute atomic E-state index is 0.336. The van der Waals surface area contributed by atoms with E-state index in [0.29, 0.717) is 58.2 Å². The fraction of sp³-hybridized carbons (Fsp3) is 0.568. The Kier molecular flexibility index (Phi) is 4.17. The predicted molar refractivity (Wildman–Crippen MR) is 159 cm³/mol. The largest absolute Gasteiger partial charge is 0.496 e. The summed E-state index contributed by atoms with van der Waals surface area (Å²) in [6.07, 6.45) is 7.54. The van der Waals surface area contributed by atoms with Crippen LogP contribution in [0.4, 0.5) is 0 Å². The number of hydrogen-bond donors (Lipinski definition) is 0. The maximum Gasteiger partial charge on any atom is 0.180 e. The molecule has 0 amide bonds. The van der Waals surface area contributed by atoms with Gasteiger partial charge in [-0.3, -0.25) is 0 Å². The molecule has 3 aromatic carbocycles. The standard InChI is InChI=1S/C37H40O4/c1-35-25-16-26(30-24-12-11-23(29(25)30)37(24,40-5)41-6)36(35,2)32-22-15-21(31(32)35)27-28(22)34(39-4)20-14-18-10-8-7-9-17(18)13-19(20)33(27)38-3/h7-14,21-26,29-32H,15-16H2,1-6H3/t21-,22+,23-,24+,25+,26-,29-,30+,31-,32+,35+,36-. The van der Waals surface area contributed by atoms with Crippen molar-refractivity contribution in [2.45, 2.75) is 44.3 Å². The molecule has 12 atom stereocenters. The molecule has 0 radical (unpaired) electrons. The van der Waals surface area contributed by atoms with Crippen LogP contribution in [0.1, 0.15) is 49.7 Å². The van der Waals surface area contributed by atoms with Crippen LogP contribution in [0, 0.1) is 58.2 Å². The highest BCUT2D eigenvalue weighted by molar-refractivity contribution is 6.05. The van der Waals surface area contributed by atoms with Crippen molar-refractivity contribution in [1.29, 1.82) is 0 Å². The fourth-order valence-electron chi connectivity index (χ4n) is 14.0. The van der Waals surface area contributed by atoms with Crippen LogP contribution in [0.2, 0.25) is 0 Å². The minimum Gasteiger partial charge on any atom is -0.496 e. The Morgan fingerprint density at radius 1 is 0.659 bits per heavy atom. The van der Waals surface area contributed by atoms with Crippen LogP contribution in [0.5, 0.6) is 11.5 Å². The second-order valence-electron chi connectivity index (χ2n) is 14.9. The summed E-state index contributed by atoms with van der Waals surface area (Å²) in [7, 11) is 7.50. The molecule has 0 aromatic heterocycles. The zero-order valence-electron chi connectivity index (χ0n) is 24.9. The molecule has 6 bridgehead atoms. The van der Waals surface area contributed by atoms with E-state index in [0.717, 1.165) is 23.3 Å². The number of ether oxygens (including phenoxy) is 4. The first kappa shape index (κ1) is 23.9. The van der Waals surface area contributed by atoms with E-state index in [1.165, 1.54) is 45.5 Å². The lowest BCUT2D eigenvalue weighted by Crippen LogP contribution is -2.69. The molecule has 0 aliphatic heterocycles. The van der Waals surface area contributed by atoms with Gasteiger partial charge in [0.1, 0.15) is 11.5 Å². The van der Waals surface area contributed by atoms with Crippen molar-refractivity contribution in [2.24, 2.45) is 58.2 Å². The summed E-state index contributed by atoms with van der Waals surface area (Å²) in [5, 5.41) is 4.92. The molecule has 7 aliphatic rings. The Morgan fingerprint density at radius 2 is 1.12 bits per heavy atom. The highest BCUT2D eigenvalue weighted by Gasteiger charge is 2.88. The van der Waals surface area contributed by atoms with Crippen molar-refractivity contribution < 1.29 is 18.9 Å². The Bertz CT molecular complexity index is 1600. The molecule has 0 spiro atoms. The van der Waals surface area contributed by atoms with Crippen LogP contribution in [0.15, 0.2) is 48.6 Å². The van der Waals surface area contributed by atoms with Gasteiger partial charge in [-0.1, -0.05) is 50.3 Å². The first-order valence-corrected chi connectivity index (χ1v) is 15.8. The number of fused-ring (bicyclic) bond motifs is 24. The van der Waals surface area contributed by atoms with E-state index in [-0.39, 0.29) is 0 Å².